The maximum absolute atomic E-state index is 11.3. The van der Waals surface area contributed by atoms with E-state index in [1.54, 1.807) is 7.11 Å². The van der Waals surface area contributed by atoms with E-state index in [0.717, 1.165) is 52.2 Å². The summed E-state index contributed by atoms with van der Waals surface area (Å²) in [7, 11) is 1.61. The number of nitrogens with one attached hydrogen (secondary N) is 1. The normalized spacial score (nSPS) is 20.9. The number of piperazine rings is 1. The average molecular weight is 348 g/mol. The number of carbonyl (C=O) groups is 1. The highest BCUT2D eigenvalue weighted by atomic mass is 16.6. The predicted octanol–water partition coefficient (Wildman–Crippen LogP) is 1.99. The largest absolute Gasteiger partial charge is 0.493 e. The Morgan fingerprint density at radius 2 is 1.96 bits per heavy atom. The molecule has 2 saturated heterocycles. The number of nitrogens with zero attached hydrogens (tertiary/aromatic N) is 1. The first kappa shape index (κ1) is 18.2. The molecule has 0 amide bonds. The van der Waals surface area contributed by atoms with Gasteiger partial charge in [-0.15, -0.1) is 0 Å². The summed E-state index contributed by atoms with van der Waals surface area (Å²) in [5, 5.41) is 3.43. The smallest absolute Gasteiger partial charge is 0.308 e. The third kappa shape index (κ3) is 4.51. The number of esters is 1. The lowest BCUT2D eigenvalue weighted by Gasteiger charge is -2.41. The minimum atomic E-state index is -0.339. The Hall–Kier alpha value is -1.63. The molecule has 2 aliphatic heterocycles. The van der Waals surface area contributed by atoms with Gasteiger partial charge in [-0.25, -0.2) is 0 Å². The van der Waals surface area contributed by atoms with Gasteiger partial charge in [0.05, 0.1) is 7.11 Å². The average Bonchev–Trinajstić information content (AvgIpc) is 2.64. The molecule has 6 nitrogen and oxygen atoms in total. The van der Waals surface area contributed by atoms with Crippen molar-refractivity contribution in [2.24, 2.45) is 5.92 Å². The van der Waals surface area contributed by atoms with Crippen LogP contribution in [0.2, 0.25) is 0 Å². The number of methoxy groups -OCH3 is 1. The molecule has 1 aromatic carbocycles. The molecule has 1 aromatic rings. The number of hydrogen-bond donors (Lipinski definition) is 1. The van der Waals surface area contributed by atoms with Gasteiger partial charge in [0, 0.05) is 52.4 Å². The quantitative estimate of drug-likeness (QED) is 0.649. The van der Waals surface area contributed by atoms with Crippen molar-refractivity contribution in [3.63, 3.8) is 0 Å². The van der Waals surface area contributed by atoms with Crippen molar-refractivity contribution in [1.82, 2.24) is 10.2 Å². The van der Waals surface area contributed by atoms with E-state index < -0.39 is 0 Å². The summed E-state index contributed by atoms with van der Waals surface area (Å²) < 4.78 is 16.3. The van der Waals surface area contributed by atoms with Gasteiger partial charge in [-0.2, -0.15) is 0 Å². The summed E-state index contributed by atoms with van der Waals surface area (Å²) >= 11 is 0. The summed E-state index contributed by atoms with van der Waals surface area (Å²) in [6.07, 6.45) is 2.14. The summed E-state index contributed by atoms with van der Waals surface area (Å²) in [6.45, 7) is 7.17. The van der Waals surface area contributed by atoms with E-state index in [2.05, 4.69) is 16.3 Å². The highest BCUT2D eigenvalue weighted by Crippen LogP contribution is 2.39. The van der Waals surface area contributed by atoms with Crippen molar-refractivity contribution >= 4 is 5.97 Å². The zero-order valence-electron chi connectivity index (χ0n) is 15.1. The van der Waals surface area contributed by atoms with Crippen LogP contribution < -0.4 is 14.8 Å². The van der Waals surface area contributed by atoms with Crippen molar-refractivity contribution in [3.05, 3.63) is 23.8 Å². The molecule has 138 valence electrons. The molecule has 3 rings (SSSR count). The fourth-order valence-electron chi connectivity index (χ4n) is 3.88. The van der Waals surface area contributed by atoms with Gasteiger partial charge in [-0.05, 0) is 36.5 Å². The second kappa shape index (κ2) is 8.65. The van der Waals surface area contributed by atoms with Gasteiger partial charge in [0.2, 0.25) is 0 Å². The molecule has 0 saturated carbocycles. The molecule has 0 aromatic heterocycles. The molecule has 2 aliphatic rings. The van der Waals surface area contributed by atoms with Gasteiger partial charge in [-0.3, -0.25) is 9.69 Å². The molecule has 25 heavy (non-hydrogen) atoms. The third-order valence-corrected chi connectivity index (χ3v) is 5.04. The van der Waals surface area contributed by atoms with Crippen molar-refractivity contribution in [1.29, 1.82) is 0 Å². The molecule has 6 heteroatoms. The Morgan fingerprint density at radius 1 is 1.24 bits per heavy atom. The second-order valence-corrected chi connectivity index (χ2v) is 6.68. The Kier molecular flexibility index (Phi) is 6.29. The van der Waals surface area contributed by atoms with Crippen LogP contribution >= 0.6 is 0 Å². The minimum Gasteiger partial charge on any atom is -0.493 e. The van der Waals surface area contributed by atoms with Crippen molar-refractivity contribution in [2.75, 3.05) is 46.5 Å². The molecular weight excluding hydrogens is 320 g/mol. The lowest BCUT2D eigenvalue weighted by atomic mass is 9.85. The van der Waals surface area contributed by atoms with Crippen molar-refractivity contribution < 1.29 is 19.0 Å². The first-order valence-electron chi connectivity index (χ1n) is 9.08. The van der Waals surface area contributed by atoms with Crippen molar-refractivity contribution in [2.45, 2.75) is 25.8 Å². The van der Waals surface area contributed by atoms with Crippen LogP contribution in [0.5, 0.6) is 11.5 Å². The van der Waals surface area contributed by atoms with Gasteiger partial charge in [0.1, 0.15) is 0 Å². The first-order valence-corrected chi connectivity index (χ1v) is 9.08. The molecular formula is C19H28N2O4. The lowest BCUT2D eigenvalue weighted by Crippen LogP contribution is -2.47. The molecule has 1 atom stereocenters. The maximum Gasteiger partial charge on any atom is 0.308 e. The molecule has 0 unspecified atom stereocenters. The van der Waals surface area contributed by atoms with Gasteiger partial charge in [0.25, 0.3) is 0 Å². The number of benzene rings is 1. The van der Waals surface area contributed by atoms with Crippen LogP contribution in [0.15, 0.2) is 18.2 Å². The molecule has 0 bridgehead atoms. The molecule has 1 N–H and O–H groups in total. The van der Waals surface area contributed by atoms with Crippen LogP contribution in [0, 0.1) is 5.92 Å². The highest BCUT2D eigenvalue weighted by Gasteiger charge is 2.31. The number of hydrogen-bond acceptors (Lipinski definition) is 6. The zero-order chi connectivity index (χ0) is 17.6. The lowest BCUT2D eigenvalue weighted by molar-refractivity contribution is -0.132. The van der Waals surface area contributed by atoms with Gasteiger partial charge < -0.3 is 19.5 Å². The van der Waals surface area contributed by atoms with Crippen LogP contribution in [0.25, 0.3) is 0 Å². The van der Waals surface area contributed by atoms with E-state index in [0.29, 0.717) is 23.5 Å². The number of rotatable bonds is 5. The minimum absolute atomic E-state index is 0.339. The molecule has 0 radical (unpaired) electrons. The predicted molar refractivity (Wildman–Crippen MR) is 95.0 cm³/mol. The zero-order valence-corrected chi connectivity index (χ0v) is 15.1. The molecule has 2 heterocycles. The van der Waals surface area contributed by atoms with E-state index >= 15 is 0 Å². The maximum atomic E-state index is 11.3. The third-order valence-electron chi connectivity index (χ3n) is 5.04. The molecule has 0 spiro atoms. The Labute approximate surface area is 149 Å². The van der Waals surface area contributed by atoms with E-state index in [-0.39, 0.29) is 5.97 Å². The Balaban J connectivity index is 1.89. The summed E-state index contributed by atoms with van der Waals surface area (Å²) in [4.78, 5) is 13.9. The number of ether oxygens (including phenoxy) is 3. The van der Waals surface area contributed by atoms with E-state index in [1.807, 2.05) is 12.1 Å². The standard InChI is InChI=1S/C19H28N2O4/c1-14(22)25-17-4-3-16(13-18(17)23-2)19(15-5-11-24-12-6-15)21-9-7-20-8-10-21/h3-4,13,15,19-20H,5-12H2,1-2H3/t19-/m1/s1. The molecule has 2 fully saturated rings. The topological polar surface area (TPSA) is 60.0 Å². The van der Waals surface area contributed by atoms with E-state index in [4.69, 9.17) is 14.2 Å². The Bertz CT molecular complexity index is 563. The van der Waals surface area contributed by atoms with Gasteiger partial charge >= 0.3 is 5.97 Å². The van der Waals surface area contributed by atoms with Crippen molar-refractivity contribution in [3.8, 4) is 11.5 Å². The number of carbonyl (C=O) groups excluding carboxylic acids is 1. The van der Waals surface area contributed by atoms with E-state index in [1.165, 1.54) is 12.5 Å². The van der Waals surface area contributed by atoms with Crippen LogP contribution in [-0.2, 0) is 9.53 Å². The fraction of sp³-hybridized carbons (Fsp3) is 0.632. The first-order chi connectivity index (χ1) is 12.2. The van der Waals surface area contributed by atoms with Crippen LogP contribution in [-0.4, -0.2) is 57.4 Å². The van der Waals surface area contributed by atoms with Gasteiger partial charge in [0.15, 0.2) is 11.5 Å². The highest BCUT2D eigenvalue weighted by molar-refractivity contribution is 5.70. The summed E-state index contributed by atoms with van der Waals surface area (Å²) in [5.74, 6) is 1.31. The van der Waals surface area contributed by atoms with Crippen LogP contribution in [0.1, 0.15) is 31.4 Å². The SMILES string of the molecule is COc1cc([C@@H](C2CCOCC2)N2CCNCC2)ccc1OC(C)=O. The summed E-state index contributed by atoms with van der Waals surface area (Å²) in [5.41, 5.74) is 1.22. The molecule has 0 aliphatic carbocycles. The van der Waals surface area contributed by atoms with Crippen LogP contribution in [0.3, 0.4) is 0 Å². The van der Waals surface area contributed by atoms with Crippen LogP contribution in [0.4, 0.5) is 0 Å². The second-order valence-electron chi connectivity index (χ2n) is 6.68. The van der Waals surface area contributed by atoms with Gasteiger partial charge in [-0.1, -0.05) is 6.07 Å². The Morgan fingerprint density at radius 3 is 2.60 bits per heavy atom. The fourth-order valence-corrected chi connectivity index (χ4v) is 3.88. The summed E-state index contributed by atoms with van der Waals surface area (Å²) in [6, 6.07) is 6.29. The van der Waals surface area contributed by atoms with E-state index in [9.17, 15) is 4.79 Å². The monoisotopic (exact) mass is 348 g/mol.